The highest BCUT2D eigenvalue weighted by Gasteiger charge is 2.30. The predicted octanol–water partition coefficient (Wildman–Crippen LogP) is 6.54. The van der Waals surface area contributed by atoms with Crippen LogP contribution < -0.4 is 15.9 Å². The molecule has 3 aromatic carbocycles. The number of fused-ring (bicyclic) bond motifs is 3. The molecule has 0 aliphatic rings. The molecule has 142 valence electrons. The van der Waals surface area contributed by atoms with Crippen molar-refractivity contribution in [3.05, 3.63) is 103 Å². The highest BCUT2D eigenvalue weighted by molar-refractivity contribution is 7.82. The monoisotopic (exact) mass is 432 g/mol. The molecule has 0 saturated carbocycles. The van der Waals surface area contributed by atoms with E-state index in [1.807, 2.05) is 66.7 Å². The van der Waals surface area contributed by atoms with Crippen LogP contribution in [0.3, 0.4) is 0 Å². The first-order valence-electron chi connectivity index (χ1n) is 9.03. The summed E-state index contributed by atoms with van der Waals surface area (Å²) in [4.78, 5) is 0. The Morgan fingerprint density at radius 1 is 0.897 bits per heavy atom. The fourth-order valence-corrected chi connectivity index (χ4v) is 7.55. The molecular formula is C24H18O2P2S. The number of hydrogen-bond acceptors (Lipinski definition) is 3. The van der Waals surface area contributed by atoms with Gasteiger partial charge in [-0.2, -0.15) is 0 Å². The van der Waals surface area contributed by atoms with Gasteiger partial charge < -0.3 is 4.57 Å². The van der Waals surface area contributed by atoms with E-state index in [4.69, 9.17) is 0 Å². The molecule has 0 amide bonds. The second-order valence-corrected chi connectivity index (χ2v) is 11.1. The number of benzene rings is 3. The van der Waals surface area contributed by atoms with Crippen molar-refractivity contribution in [1.29, 1.82) is 0 Å². The maximum atomic E-state index is 14.5. The van der Waals surface area contributed by atoms with Crippen LogP contribution in [0.5, 0.6) is 0 Å². The summed E-state index contributed by atoms with van der Waals surface area (Å²) in [5.74, 6) is 0. The van der Waals surface area contributed by atoms with Crippen molar-refractivity contribution in [3.8, 4) is 0 Å². The van der Waals surface area contributed by atoms with Crippen LogP contribution in [-0.2, 0) is 9.13 Å². The number of allylic oxidation sites excluding steroid dienone is 4. The highest BCUT2D eigenvalue weighted by atomic mass is 32.1. The van der Waals surface area contributed by atoms with Crippen LogP contribution >= 0.6 is 26.9 Å². The van der Waals surface area contributed by atoms with Crippen molar-refractivity contribution in [2.45, 2.75) is 0 Å². The molecule has 1 atom stereocenters. The van der Waals surface area contributed by atoms with Crippen LogP contribution in [0.2, 0.25) is 0 Å². The van der Waals surface area contributed by atoms with E-state index in [9.17, 15) is 9.13 Å². The first-order valence-corrected chi connectivity index (χ1v) is 12.4. The highest BCUT2D eigenvalue weighted by Crippen LogP contribution is 2.53. The molecule has 0 aliphatic heterocycles. The summed E-state index contributed by atoms with van der Waals surface area (Å²) in [6.07, 6.45) is 5.07. The van der Waals surface area contributed by atoms with Crippen molar-refractivity contribution in [2.24, 2.45) is 0 Å². The summed E-state index contributed by atoms with van der Waals surface area (Å²) in [6.45, 7) is 7.68. The molecular weight excluding hydrogens is 414 g/mol. The Kier molecular flexibility index (Phi) is 5.48. The third kappa shape index (κ3) is 3.36. The van der Waals surface area contributed by atoms with Crippen LogP contribution in [0.15, 0.2) is 103 Å². The van der Waals surface area contributed by atoms with E-state index in [2.05, 4.69) is 13.2 Å². The lowest BCUT2D eigenvalue weighted by Crippen LogP contribution is -2.17. The lowest BCUT2D eigenvalue weighted by molar-refractivity contribution is 0.591. The average molecular weight is 432 g/mol. The van der Waals surface area contributed by atoms with Crippen LogP contribution in [-0.4, -0.2) is 0 Å². The van der Waals surface area contributed by atoms with Gasteiger partial charge in [-0.25, -0.2) is 0 Å². The fourth-order valence-electron chi connectivity index (χ4n) is 3.51. The van der Waals surface area contributed by atoms with Crippen LogP contribution in [0.4, 0.5) is 0 Å². The zero-order chi connectivity index (χ0) is 20.4. The number of hydrogen-bond donors (Lipinski definition) is 0. The first-order chi connectivity index (χ1) is 14.1. The first kappa shape index (κ1) is 19.7. The Balaban J connectivity index is 2.05. The topological polar surface area (TPSA) is 34.1 Å². The van der Waals surface area contributed by atoms with Crippen molar-refractivity contribution < 1.29 is 9.13 Å². The molecule has 4 rings (SSSR count). The zero-order valence-electron chi connectivity index (χ0n) is 15.6. The summed E-state index contributed by atoms with van der Waals surface area (Å²) in [5, 5.41) is 4.93. The largest absolute Gasteiger partial charge is 0.309 e. The van der Waals surface area contributed by atoms with Gasteiger partial charge in [0.25, 0.3) is 0 Å². The minimum atomic E-state index is -3.11. The van der Waals surface area contributed by atoms with Gasteiger partial charge in [0.1, 0.15) is 0 Å². The molecule has 0 aliphatic carbocycles. The van der Waals surface area contributed by atoms with Crippen molar-refractivity contribution >= 4 is 63.0 Å². The van der Waals surface area contributed by atoms with Gasteiger partial charge in [-0.3, -0.25) is 4.57 Å². The van der Waals surface area contributed by atoms with Crippen molar-refractivity contribution in [1.82, 2.24) is 0 Å². The lowest BCUT2D eigenvalue weighted by atomic mass is 10.1. The molecule has 0 fully saturated rings. The third-order valence-electron chi connectivity index (χ3n) is 4.89. The summed E-state index contributed by atoms with van der Waals surface area (Å²) in [5.41, 5.74) is 0. The Morgan fingerprint density at radius 2 is 1.59 bits per heavy atom. The normalized spacial score (nSPS) is 14.1. The van der Waals surface area contributed by atoms with E-state index in [1.54, 1.807) is 29.6 Å². The van der Waals surface area contributed by atoms with Crippen LogP contribution in [0, 0.1) is 0 Å². The lowest BCUT2D eigenvalue weighted by Gasteiger charge is -2.20. The van der Waals surface area contributed by atoms with Gasteiger partial charge in [0.2, 0.25) is 0 Å². The van der Waals surface area contributed by atoms with Crippen LogP contribution in [0.1, 0.15) is 0 Å². The van der Waals surface area contributed by atoms with E-state index < -0.39 is 7.14 Å². The molecule has 0 bridgehead atoms. The van der Waals surface area contributed by atoms with E-state index in [1.165, 1.54) is 0 Å². The molecule has 5 heteroatoms. The standard InChI is InChI=1S/C24H18O2P2S/c1-3-8-18(4-2)28(26,19-9-6-5-7-10-19)20-12-14-24-22(16-20)21-15-17(27-25)11-13-23(21)29-24/h3-16H,1-2H2. The number of thiophene rings is 1. The van der Waals surface area contributed by atoms with Gasteiger partial charge in [-0.15, -0.1) is 11.3 Å². The second-order valence-electron chi connectivity index (χ2n) is 6.53. The van der Waals surface area contributed by atoms with Gasteiger partial charge in [-0.05, 0) is 36.4 Å². The van der Waals surface area contributed by atoms with Crippen molar-refractivity contribution in [2.75, 3.05) is 0 Å². The van der Waals surface area contributed by atoms with E-state index in [0.29, 0.717) is 5.31 Å². The minimum Gasteiger partial charge on any atom is -0.309 e. The Bertz CT molecular complexity index is 1330. The zero-order valence-corrected chi connectivity index (χ0v) is 18.2. The summed E-state index contributed by atoms with van der Waals surface area (Å²) in [6, 6.07) is 21.3. The molecule has 2 nitrogen and oxygen atoms in total. The Hall–Kier alpha value is -2.57. The molecule has 0 spiro atoms. The minimum absolute atomic E-state index is 0.00664. The fraction of sp³-hybridized carbons (Fsp3) is 0. The SMILES string of the molecule is C=CC=C(C=C)P(=O)(c1ccccc1)c1ccc2sc3ccc(P=O)cc3c2c1. The van der Waals surface area contributed by atoms with Gasteiger partial charge in [-0.1, -0.05) is 61.7 Å². The van der Waals surface area contributed by atoms with E-state index >= 15 is 0 Å². The average Bonchev–Trinajstić information content (AvgIpc) is 3.14. The second kappa shape index (κ2) is 8.05. The molecule has 0 saturated heterocycles. The predicted molar refractivity (Wildman–Crippen MR) is 128 cm³/mol. The molecule has 1 heterocycles. The van der Waals surface area contributed by atoms with Gasteiger partial charge >= 0.3 is 0 Å². The van der Waals surface area contributed by atoms with Crippen molar-refractivity contribution in [3.63, 3.8) is 0 Å². The quantitative estimate of drug-likeness (QED) is 0.256. The summed E-state index contributed by atoms with van der Waals surface area (Å²) < 4.78 is 28.1. The molecule has 1 unspecified atom stereocenters. The summed E-state index contributed by atoms with van der Waals surface area (Å²) >= 11 is 1.67. The van der Waals surface area contributed by atoms with Crippen LogP contribution in [0.25, 0.3) is 20.2 Å². The maximum Gasteiger partial charge on any atom is 0.192 e. The number of rotatable bonds is 6. The van der Waals surface area contributed by atoms with E-state index in [0.717, 1.165) is 36.1 Å². The molecule has 0 N–H and O–H groups in total. The van der Waals surface area contributed by atoms with E-state index in [-0.39, 0.29) is 8.46 Å². The molecule has 1 aromatic heterocycles. The smallest absolute Gasteiger partial charge is 0.192 e. The third-order valence-corrected chi connectivity index (χ3v) is 9.62. The van der Waals surface area contributed by atoms with Gasteiger partial charge in [0.05, 0.1) is 0 Å². The Labute approximate surface area is 175 Å². The Morgan fingerprint density at radius 3 is 2.24 bits per heavy atom. The maximum absolute atomic E-state index is 14.5. The van der Waals surface area contributed by atoms with Gasteiger partial charge in [0.15, 0.2) is 15.6 Å². The van der Waals surface area contributed by atoms with Gasteiger partial charge in [0, 0.05) is 41.4 Å². The molecule has 0 radical (unpaired) electrons. The summed E-state index contributed by atoms with van der Waals surface area (Å²) in [7, 11) is -3.12. The molecule has 4 aromatic rings. The molecule has 29 heavy (non-hydrogen) atoms.